The first kappa shape index (κ1) is 27.0. The van der Waals surface area contributed by atoms with E-state index in [1.165, 1.54) is 12.1 Å². The van der Waals surface area contributed by atoms with Crippen LogP contribution >= 0.6 is 0 Å². The van der Waals surface area contributed by atoms with Crippen molar-refractivity contribution in [1.82, 2.24) is 15.1 Å². The monoisotopic (exact) mass is 571 g/mol. The van der Waals surface area contributed by atoms with Crippen LogP contribution in [0.5, 0.6) is 5.75 Å². The fourth-order valence-electron chi connectivity index (χ4n) is 5.84. The molecule has 208 valence electrons. The first-order valence-corrected chi connectivity index (χ1v) is 16.4. The average Bonchev–Trinajstić information content (AvgIpc) is 3.34. The van der Waals surface area contributed by atoms with E-state index in [2.05, 4.69) is 10.1 Å². The molecule has 2 aromatic rings. The minimum atomic E-state index is -3.18. The Balaban J connectivity index is 1.45. The van der Waals surface area contributed by atoms with E-state index in [1.807, 2.05) is 4.68 Å². The van der Waals surface area contributed by atoms with E-state index in [1.54, 1.807) is 19.1 Å². The molecule has 3 heterocycles. The van der Waals surface area contributed by atoms with Gasteiger partial charge in [0.05, 0.1) is 40.3 Å². The molecule has 1 aromatic heterocycles. The van der Waals surface area contributed by atoms with Crippen LogP contribution in [0.2, 0.25) is 0 Å². The number of hydrogen-bond donors (Lipinski definition) is 1. The second-order valence-corrected chi connectivity index (χ2v) is 15.3. The van der Waals surface area contributed by atoms with Crippen molar-refractivity contribution in [3.05, 3.63) is 35.5 Å². The molecule has 1 N–H and O–H groups in total. The number of ether oxygens (including phenoxy) is 1. The number of amides is 1. The highest BCUT2D eigenvalue weighted by molar-refractivity contribution is 7.91. The SMILES string of the molecule is C[C@]1(NC(=O)[C@@H]2CCc3c(-c4cccc(OC(F)F)c4)nn(C4CCS(=O)(=O)CC4)c3C2)CCS(=O)(=O)C1. The van der Waals surface area contributed by atoms with Gasteiger partial charge in [-0.3, -0.25) is 9.48 Å². The number of nitrogens with one attached hydrogen (secondary N) is 1. The fraction of sp³-hybridized carbons (Fsp3) is 0.600. The number of sulfone groups is 2. The van der Waals surface area contributed by atoms with Crippen LogP contribution in [-0.4, -0.2) is 67.7 Å². The molecule has 2 saturated heterocycles. The van der Waals surface area contributed by atoms with Gasteiger partial charge in [0.15, 0.2) is 9.84 Å². The molecule has 5 rings (SSSR count). The molecule has 1 amide bonds. The predicted molar refractivity (Wildman–Crippen MR) is 137 cm³/mol. The summed E-state index contributed by atoms with van der Waals surface area (Å²) < 4.78 is 80.1. The molecular weight excluding hydrogens is 540 g/mol. The Morgan fingerprint density at radius 1 is 1.13 bits per heavy atom. The third kappa shape index (κ3) is 5.73. The number of alkyl halides is 2. The Hall–Kier alpha value is -2.54. The second-order valence-electron chi connectivity index (χ2n) is 10.8. The molecule has 2 fully saturated rings. The van der Waals surface area contributed by atoms with E-state index in [-0.39, 0.29) is 40.7 Å². The topological polar surface area (TPSA) is 124 Å². The van der Waals surface area contributed by atoms with Gasteiger partial charge in [-0.15, -0.1) is 0 Å². The lowest BCUT2D eigenvalue weighted by molar-refractivity contribution is -0.127. The Kier molecular flexibility index (Phi) is 7.04. The molecule has 0 spiro atoms. The first-order chi connectivity index (χ1) is 17.8. The summed E-state index contributed by atoms with van der Waals surface area (Å²) in [5, 5.41) is 7.82. The van der Waals surface area contributed by atoms with Crippen LogP contribution in [0.4, 0.5) is 8.78 Å². The summed E-state index contributed by atoms with van der Waals surface area (Å²) in [7, 11) is -6.29. The van der Waals surface area contributed by atoms with Crippen molar-refractivity contribution in [2.45, 2.75) is 63.6 Å². The molecule has 2 aliphatic heterocycles. The van der Waals surface area contributed by atoms with Crippen molar-refractivity contribution in [3.63, 3.8) is 0 Å². The van der Waals surface area contributed by atoms with E-state index >= 15 is 0 Å². The van der Waals surface area contributed by atoms with Gasteiger partial charge in [0.2, 0.25) is 5.91 Å². The van der Waals surface area contributed by atoms with Crippen molar-refractivity contribution < 1.29 is 35.1 Å². The molecule has 0 bridgehead atoms. The quantitative estimate of drug-likeness (QED) is 0.565. The van der Waals surface area contributed by atoms with Crippen LogP contribution in [0.25, 0.3) is 11.3 Å². The standard InChI is InChI=1S/C25H31F2N3O6S2/c1-25(9-12-38(34,35)15-25)28-23(31)17-5-6-20-21(14-17)30(18-7-10-37(32,33)11-8-18)29-22(20)16-3-2-4-19(13-16)36-24(26)27/h2-4,13,17-18,24H,5-12,14-15H2,1H3,(H,28,31)/t17-,25+/m1/s1. The van der Waals surface area contributed by atoms with Crippen LogP contribution in [0.3, 0.4) is 0 Å². The summed E-state index contributed by atoms with van der Waals surface area (Å²) in [6.07, 6.45) is 2.58. The van der Waals surface area contributed by atoms with Gasteiger partial charge in [-0.05, 0) is 51.2 Å². The maximum absolute atomic E-state index is 13.3. The van der Waals surface area contributed by atoms with Gasteiger partial charge in [-0.2, -0.15) is 13.9 Å². The zero-order valence-electron chi connectivity index (χ0n) is 21.0. The summed E-state index contributed by atoms with van der Waals surface area (Å²) in [5.74, 6) is -0.522. The number of benzene rings is 1. The molecular formula is C25H31F2N3O6S2. The van der Waals surface area contributed by atoms with E-state index in [0.717, 1.165) is 11.3 Å². The van der Waals surface area contributed by atoms with E-state index in [0.29, 0.717) is 49.8 Å². The number of carbonyl (C=O) groups is 1. The number of carbonyl (C=O) groups excluding carboxylic acids is 1. The molecule has 0 saturated carbocycles. The number of nitrogens with zero attached hydrogens (tertiary/aromatic N) is 2. The number of aromatic nitrogens is 2. The van der Waals surface area contributed by atoms with Gasteiger partial charge in [-0.25, -0.2) is 16.8 Å². The van der Waals surface area contributed by atoms with Crippen molar-refractivity contribution in [2.24, 2.45) is 5.92 Å². The number of fused-ring (bicyclic) bond motifs is 1. The first-order valence-electron chi connectivity index (χ1n) is 12.7. The number of halogens is 2. The lowest BCUT2D eigenvalue weighted by atomic mass is 9.84. The maximum atomic E-state index is 13.3. The fourth-order valence-corrected chi connectivity index (χ4v) is 9.40. The molecule has 0 radical (unpaired) electrons. The Labute approximate surface area is 220 Å². The normalized spacial score (nSPS) is 26.7. The summed E-state index contributed by atoms with van der Waals surface area (Å²) in [5.41, 5.74) is 2.16. The van der Waals surface area contributed by atoms with Crippen LogP contribution < -0.4 is 10.1 Å². The third-order valence-corrected chi connectivity index (χ3v) is 11.4. The highest BCUT2D eigenvalue weighted by Gasteiger charge is 2.41. The molecule has 1 aromatic carbocycles. The van der Waals surface area contributed by atoms with Crippen LogP contribution in [-0.2, 0) is 37.3 Å². The van der Waals surface area contributed by atoms with Crippen molar-refractivity contribution in [2.75, 3.05) is 23.0 Å². The molecule has 2 atom stereocenters. The third-order valence-electron chi connectivity index (χ3n) is 7.80. The number of rotatable bonds is 6. The minimum Gasteiger partial charge on any atom is -0.435 e. The maximum Gasteiger partial charge on any atom is 0.387 e. The lowest BCUT2D eigenvalue weighted by Crippen LogP contribution is -2.50. The average molecular weight is 572 g/mol. The Morgan fingerprint density at radius 2 is 1.87 bits per heavy atom. The molecule has 1 aliphatic carbocycles. The zero-order chi connectivity index (χ0) is 27.3. The van der Waals surface area contributed by atoms with Crippen molar-refractivity contribution >= 4 is 25.6 Å². The van der Waals surface area contributed by atoms with E-state index < -0.39 is 37.7 Å². The molecule has 0 unspecified atom stereocenters. The highest BCUT2D eigenvalue weighted by atomic mass is 32.2. The van der Waals surface area contributed by atoms with Gasteiger partial charge in [0.25, 0.3) is 0 Å². The zero-order valence-corrected chi connectivity index (χ0v) is 22.7. The molecule has 3 aliphatic rings. The van der Waals surface area contributed by atoms with Gasteiger partial charge in [0.1, 0.15) is 15.6 Å². The van der Waals surface area contributed by atoms with Gasteiger partial charge < -0.3 is 10.1 Å². The predicted octanol–water partition coefficient (Wildman–Crippen LogP) is 2.70. The molecule has 38 heavy (non-hydrogen) atoms. The molecule has 13 heteroatoms. The van der Waals surface area contributed by atoms with Gasteiger partial charge in [-0.1, -0.05) is 12.1 Å². The smallest absolute Gasteiger partial charge is 0.387 e. The summed E-state index contributed by atoms with van der Waals surface area (Å²) >= 11 is 0. The van der Waals surface area contributed by atoms with Crippen LogP contribution in [0.15, 0.2) is 24.3 Å². The second kappa shape index (κ2) is 9.89. The Morgan fingerprint density at radius 3 is 2.53 bits per heavy atom. The van der Waals surface area contributed by atoms with Gasteiger partial charge >= 0.3 is 6.61 Å². The largest absolute Gasteiger partial charge is 0.435 e. The van der Waals surface area contributed by atoms with Crippen LogP contribution in [0.1, 0.15) is 49.9 Å². The molecule has 9 nitrogen and oxygen atoms in total. The Bertz CT molecular complexity index is 1440. The summed E-state index contributed by atoms with van der Waals surface area (Å²) in [6, 6.07) is 6.15. The van der Waals surface area contributed by atoms with Gasteiger partial charge in [0, 0.05) is 29.2 Å². The number of hydrogen-bond acceptors (Lipinski definition) is 7. The van der Waals surface area contributed by atoms with Crippen LogP contribution in [0, 0.1) is 5.92 Å². The van der Waals surface area contributed by atoms with Crippen molar-refractivity contribution in [1.29, 1.82) is 0 Å². The minimum absolute atomic E-state index is 0.0115. The van der Waals surface area contributed by atoms with E-state index in [4.69, 9.17) is 5.10 Å². The summed E-state index contributed by atoms with van der Waals surface area (Å²) in [4.78, 5) is 13.3. The highest BCUT2D eigenvalue weighted by Crippen LogP contribution is 2.38. The van der Waals surface area contributed by atoms with Crippen molar-refractivity contribution in [3.8, 4) is 17.0 Å². The summed E-state index contributed by atoms with van der Waals surface area (Å²) in [6.45, 7) is -1.21. The van der Waals surface area contributed by atoms with E-state index in [9.17, 15) is 30.4 Å². The lowest BCUT2D eigenvalue weighted by Gasteiger charge is -2.30.